The van der Waals surface area contributed by atoms with Gasteiger partial charge in [-0.3, -0.25) is 28.8 Å². The van der Waals surface area contributed by atoms with Crippen LogP contribution in [0.3, 0.4) is 0 Å². The van der Waals surface area contributed by atoms with E-state index in [1.165, 1.54) is 104 Å². The van der Waals surface area contributed by atoms with E-state index in [0.717, 1.165) is 153 Å². The molecule has 9 aromatic heterocycles. The number of pyridine rings is 6. The van der Waals surface area contributed by atoms with Crippen molar-refractivity contribution in [1.82, 2.24) is 33.6 Å². The third kappa shape index (κ3) is 21.5. The molecule has 3 aromatic carbocycles. The highest BCUT2D eigenvalue weighted by atomic mass is 32.2. The lowest BCUT2D eigenvalue weighted by Gasteiger charge is -2.28. The number of hydrogen-bond acceptors (Lipinski definition) is 22. The minimum Gasteiger partial charge on any atom is -0.380 e. The number of thiophene rings is 3. The summed E-state index contributed by atoms with van der Waals surface area (Å²) in [5.74, 6) is -0.994. The maximum Gasteiger partial charge on any atom is 0.274 e. The number of hydrogen-bond donors (Lipinski definition) is 6. The molecule has 0 bridgehead atoms. The SMILES string of the molecule is CN1CCCN(c2ccc(Nc3cc(-c4cccc(NC(=O)c5cc6c(s5)CCCCC6)c4F)cn(C)c3=O)nc2)CC1.Cn1cc(-c2cccc(NC(=O)c3cc4c(s3)CCCCC4)c2F)cc(Nc2ccc(N3CCCOCC3)cn2)c1=O.Cn1cc(-c2cccc(NC(=O)c3cc4c(s3)CCCCC4)c2F)cc(Nc2ccc(N3CCS(=O)(=O)CC3)cn2)c1=O. The zero-order chi connectivity index (χ0) is 89.1. The van der Waals surface area contributed by atoms with E-state index in [9.17, 15) is 37.2 Å². The van der Waals surface area contributed by atoms with Crippen LogP contribution in [0.4, 0.5) is 81.8 Å². The van der Waals surface area contributed by atoms with Crippen molar-refractivity contribution in [1.29, 1.82) is 0 Å². The Kier molecular flexibility index (Phi) is 28.3. The summed E-state index contributed by atoms with van der Waals surface area (Å²) in [6.45, 7) is 7.94. The number of aromatic nitrogens is 6. The first-order valence-electron chi connectivity index (χ1n) is 43.7. The standard InChI is InChI=1S/C33H37FN6O2S.C32H34FN5O3S.C31H32FN5O4S2/c1-38-14-7-15-40(17-16-38)24-12-13-30(35-20-24)36-27-18-23(21-39(2)33(27)42)25-9-6-10-26(31(25)34)37-32(41)29-19-22-8-4-3-5-11-28(22)43-29;1-37-20-22(17-26(32(37)40)35-29-12-11-23(19-34-29)38-13-6-15-41-16-14-38)24-8-5-9-25(30(24)33)36-31(39)28-18-21-7-3-2-4-10-27(21)42-28;1-36-19-21(16-25(31(36)39)34-28-11-10-22(18-33-28)37-12-14-43(40,41)15-13-37)23-7-5-8-24(29(23)32)35-30(38)27-17-20-6-3-2-4-9-26(20)42-27/h6,9-10,12-13,18-21H,3-5,7-8,11,14-17H2,1-2H3,(H,35,36)(H,37,41);5,8-9,11-12,17-20H,2-4,6-7,10,13-16H2,1H3,(H,34,35)(H,36,39);5,7-8,10-11,16-19H,2-4,6,9,12-15H2,1H3,(H,33,34)(H,35,38). The van der Waals surface area contributed by atoms with E-state index in [-0.39, 0.29) is 96.7 Å². The number of halogens is 3. The highest BCUT2D eigenvalue weighted by Gasteiger charge is 2.28. The number of anilines is 12. The predicted octanol–water partition coefficient (Wildman–Crippen LogP) is 17.3. The maximum atomic E-state index is 15.8. The number of sulfone groups is 1. The van der Waals surface area contributed by atoms with Crippen LogP contribution in [-0.4, -0.2) is 144 Å². The number of nitrogens with one attached hydrogen (secondary N) is 6. The van der Waals surface area contributed by atoms with Gasteiger partial charge < -0.3 is 69.9 Å². The van der Waals surface area contributed by atoms with Crippen molar-refractivity contribution in [3.8, 4) is 33.4 Å². The van der Waals surface area contributed by atoms with Gasteiger partial charge in [0.25, 0.3) is 34.4 Å². The molecular weight excluding hydrogens is 1710 g/mol. The molecule has 12 aromatic rings. The van der Waals surface area contributed by atoms with Crippen molar-refractivity contribution >= 4 is 130 Å². The summed E-state index contributed by atoms with van der Waals surface area (Å²) in [6.07, 6.45) is 28.3. The van der Waals surface area contributed by atoms with E-state index in [0.29, 0.717) is 68.5 Å². The molecule has 3 aliphatic heterocycles. The quantitative estimate of drug-likeness (QED) is 0.0435. The van der Waals surface area contributed by atoms with Crippen molar-refractivity contribution in [2.24, 2.45) is 21.1 Å². The Balaban J connectivity index is 0.000000141. The second kappa shape index (κ2) is 40.5. The fourth-order valence-corrected chi connectivity index (χ4v) is 21.6. The Bertz CT molecular complexity index is 6300. The van der Waals surface area contributed by atoms with Crippen molar-refractivity contribution in [3.63, 3.8) is 0 Å². The number of carbonyl (C=O) groups is 3. The van der Waals surface area contributed by atoms with Gasteiger partial charge in [-0.1, -0.05) is 55.7 Å². The van der Waals surface area contributed by atoms with Crippen LogP contribution < -0.4 is 63.3 Å². The topological polar surface area (TPSA) is 284 Å². The van der Waals surface area contributed by atoms with Crippen molar-refractivity contribution in [3.05, 3.63) is 259 Å². The number of amides is 3. The van der Waals surface area contributed by atoms with Crippen molar-refractivity contribution in [2.45, 2.75) is 109 Å². The summed E-state index contributed by atoms with van der Waals surface area (Å²) in [5.41, 5.74) is 8.97. The second-order valence-corrected chi connectivity index (χ2v) is 38.9. The van der Waals surface area contributed by atoms with Gasteiger partial charge in [0.15, 0.2) is 27.3 Å². The van der Waals surface area contributed by atoms with Gasteiger partial charge >= 0.3 is 0 Å². The lowest BCUT2D eigenvalue weighted by Crippen LogP contribution is -2.40. The molecule has 0 radical (unpaired) electrons. The molecule has 0 unspecified atom stereocenters. The normalized spacial score (nSPS) is 15.9. The second-order valence-electron chi connectivity index (χ2n) is 33.2. The third-order valence-corrected chi connectivity index (χ3v) is 29.4. The van der Waals surface area contributed by atoms with E-state index in [4.69, 9.17) is 4.74 Å². The van der Waals surface area contributed by atoms with E-state index in [2.05, 4.69) is 68.6 Å². The molecule has 666 valence electrons. The number of ether oxygens (including phenoxy) is 1. The van der Waals surface area contributed by atoms with Gasteiger partial charge in [-0.2, -0.15) is 0 Å². The lowest BCUT2D eigenvalue weighted by atomic mass is 10.1. The van der Waals surface area contributed by atoms with Crippen LogP contribution in [0.5, 0.6) is 0 Å². The Hall–Kier alpha value is -12.1. The molecule has 3 amide bonds. The maximum absolute atomic E-state index is 15.8. The minimum absolute atomic E-state index is 0.0669. The van der Waals surface area contributed by atoms with E-state index in [1.807, 2.05) is 59.6 Å². The first kappa shape index (κ1) is 89.3. The molecular formula is C96H103F3N16O9S4. The highest BCUT2D eigenvalue weighted by Crippen LogP contribution is 2.38. The minimum atomic E-state index is -2.99. The molecule has 3 aliphatic carbocycles. The Labute approximate surface area is 753 Å². The monoisotopic (exact) mass is 1810 g/mol. The van der Waals surface area contributed by atoms with Crippen LogP contribution in [0.15, 0.2) is 179 Å². The number of aryl methyl sites for hydroxylation is 9. The molecule has 3 saturated heterocycles. The molecule has 32 heteroatoms. The zero-order valence-corrected chi connectivity index (χ0v) is 75.3. The van der Waals surface area contributed by atoms with Crippen molar-refractivity contribution < 1.29 is 40.7 Å². The van der Waals surface area contributed by atoms with Gasteiger partial charge in [-0.25, -0.2) is 36.5 Å². The summed E-state index contributed by atoms with van der Waals surface area (Å²) in [6, 6.07) is 36.4. The molecule has 6 N–H and O–H groups in total. The number of fused-ring (bicyclic) bond motifs is 3. The first-order chi connectivity index (χ1) is 62.0. The van der Waals surface area contributed by atoms with Crippen LogP contribution >= 0.6 is 34.0 Å². The number of likely N-dealkylation sites (N-methyl/N-ethyl adjacent to an activating group) is 1. The summed E-state index contributed by atoms with van der Waals surface area (Å²) in [7, 11) is 3.99. The highest BCUT2D eigenvalue weighted by molar-refractivity contribution is 7.91. The zero-order valence-electron chi connectivity index (χ0n) is 72.0. The van der Waals surface area contributed by atoms with Gasteiger partial charge in [-0.15, -0.1) is 34.0 Å². The number of benzene rings is 3. The van der Waals surface area contributed by atoms with Crippen LogP contribution in [0, 0.1) is 17.5 Å². The Morgan fingerprint density at radius 1 is 0.375 bits per heavy atom. The van der Waals surface area contributed by atoms with Gasteiger partial charge in [0.2, 0.25) is 0 Å². The van der Waals surface area contributed by atoms with E-state index >= 15 is 13.2 Å². The Morgan fingerprint density at radius 3 is 1.09 bits per heavy atom. The average molecular weight is 1810 g/mol. The fraction of sp³-hybridized carbons (Fsp3) is 0.344. The largest absolute Gasteiger partial charge is 0.380 e. The lowest BCUT2D eigenvalue weighted by molar-refractivity contribution is 0.102. The van der Waals surface area contributed by atoms with E-state index < -0.39 is 27.3 Å². The molecule has 25 nitrogen and oxygen atoms in total. The Morgan fingerprint density at radius 2 is 0.727 bits per heavy atom. The third-order valence-electron chi connectivity index (χ3n) is 24.0. The molecule has 0 saturated carbocycles. The van der Waals surface area contributed by atoms with Crippen LogP contribution in [-0.2, 0) is 74.2 Å². The molecule has 0 atom stereocenters. The molecule has 12 heterocycles. The molecule has 0 spiro atoms. The van der Waals surface area contributed by atoms with Crippen LogP contribution in [0.1, 0.15) is 131 Å². The van der Waals surface area contributed by atoms with Crippen LogP contribution in [0.2, 0.25) is 0 Å². The van der Waals surface area contributed by atoms with Gasteiger partial charge in [0.05, 0.1) is 85.5 Å². The van der Waals surface area contributed by atoms with Gasteiger partial charge in [-0.05, 0) is 211 Å². The predicted molar refractivity (Wildman–Crippen MR) is 507 cm³/mol. The van der Waals surface area contributed by atoms with Crippen molar-refractivity contribution in [2.75, 3.05) is 131 Å². The summed E-state index contributed by atoms with van der Waals surface area (Å²) in [4.78, 5) is 106. The summed E-state index contributed by atoms with van der Waals surface area (Å²) in [5, 5.41) is 17.6. The van der Waals surface area contributed by atoms with Gasteiger partial charge in [0, 0.05) is 140 Å². The number of nitrogens with zero attached hydrogens (tertiary/aromatic N) is 10. The van der Waals surface area contributed by atoms with E-state index in [1.54, 1.807) is 125 Å². The number of rotatable bonds is 18. The fourth-order valence-electron chi connectivity index (χ4n) is 16.9. The summed E-state index contributed by atoms with van der Waals surface area (Å²) >= 11 is 4.49. The molecule has 6 aliphatic rings. The average Bonchev–Trinajstić information content (AvgIpc) is 1.33. The molecule has 18 rings (SSSR count). The first-order valence-corrected chi connectivity index (χ1v) is 47.9. The number of carbonyl (C=O) groups excluding carboxylic acids is 3. The van der Waals surface area contributed by atoms with Crippen LogP contribution in [0.25, 0.3) is 33.4 Å². The summed E-state index contributed by atoms with van der Waals surface area (Å²) < 4.78 is 80.7. The molecule has 128 heavy (non-hydrogen) atoms. The smallest absolute Gasteiger partial charge is 0.274 e. The molecule has 3 fully saturated rings. The van der Waals surface area contributed by atoms with Gasteiger partial charge in [0.1, 0.15) is 34.5 Å².